The van der Waals surface area contributed by atoms with E-state index < -0.39 is 0 Å². The van der Waals surface area contributed by atoms with E-state index in [0.717, 1.165) is 33.2 Å². The van der Waals surface area contributed by atoms with E-state index in [0.29, 0.717) is 11.3 Å². The molecule has 0 spiro atoms. The van der Waals surface area contributed by atoms with Crippen LogP contribution >= 0.6 is 0 Å². The maximum atomic E-state index is 12.7. The highest BCUT2D eigenvalue weighted by Gasteiger charge is 2.12. The van der Waals surface area contributed by atoms with Crippen molar-refractivity contribution in [3.05, 3.63) is 66.9 Å². The topological polar surface area (TPSA) is 88.7 Å². The van der Waals surface area contributed by atoms with E-state index in [-0.39, 0.29) is 5.91 Å². The number of nitrogens with one attached hydrogen (secondary N) is 2. The third kappa shape index (κ3) is 2.56. The molecule has 27 heavy (non-hydrogen) atoms. The van der Waals surface area contributed by atoms with E-state index >= 15 is 0 Å². The number of carbonyl (C=O) groups excluding carboxylic acids is 1. The minimum absolute atomic E-state index is 0.175. The summed E-state index contributed by atoms with van der Waals surface area (Å²) in [5.74, 6) is -0.175. The normalized spacial score (nSPS) is 11.3. The van der Waals surface area contributed by atoms with Crippen LogP contribution < -0.4 is 5.32 Å². The summed E-state index contributed by atoms with van der Waals surface area (Å²) in [5, 5.41) is 11.2. The van der Waals surface area contributed by atoms with Gasteiger partial charge in [0.15, 0.2) is 0 Å². The zero-order valence-electron chi connectivity index (χ0n) is 14.4. The number of fused-ring (bicyclic) bond motifs is 2. The fraction of sp³-hybridized carbons (Fsp3) is 0.0500. The number of hydrogen-bond acceptors (Lipinski definition) is 4. The first-order valence-electron chi connectivity index (χ1n) is 8.42. The smallest absolute Gasteiger partial charge is 0.255 e. The van der Waals surface area contributed by atoms with Gasteiger partial charge in [0.1, 0.15) is 5.69 Å². The minimum Gasteiger partial charge on any atom is -0.472 e. The Labute approximate surface area is 153 Å². The van der Waals surface area contributed by atoms with Crippen molar-refractivity contribution >= 4 is 33.5 Å². The van der Waals surface area contributed by atoms with Crippen molar-refractivity contribution in [1.82, 2.24) is 19.7 Å². The van der Waals surface area contributed by atoms with Crippen molar-refractivity contribution in [3.63, 3.8) is 0 Å². The maximum absolute atomic E-state index is 12.7. The lowest BCUT2D eigenvalue weighted by molar-refractivity contribution is 0.102. The molecule has 3 aromatic heterocycles. The second-order valence-electron chi connectivity index (χ2n) is 6.36. The van der Waals surface area contributed by atoms with E-state index in [1.165, 1.54) is 0 Å². The first-order chi connectivity index (χ1) is 13.2. The number of furan rings is 1. The summed E-state index contributed by atoms with van der Waals surface area (Å²) < 4.78 is 7.04. The molecule has 5 aromatic rings. The predicted octanol–water partition coefficient (Wildman–Crippen LogP) is 3.96. The van der Waals surface area contributed by atoms with Crippen LogP contribution in [-0.4, -0.2) is 25.7 Å². The zero-order chi connectivity index (χ0) is 18.4. The molecule has 1 amide bonds. The van der Waals surface area contributed by atoms with Gasteiger partial charge in [0, 0.05) is 29.2 Å². The van der Waals surface area contributed by atoms with Crippen LogP contribution in [0.25, 0.3) is 33.2 Å². The summed E-state index contributed by atoms with van der Waals surface area (Å²) in [6, 6.07) is 13.0. The van der Waals surface area contributed by atoms with E-state index in [9.17, 15) is 4.79 Å². The molecule has 0 aliphatic heterocycles. The molecule has 2 aromatic carbocycles. The third-order valence-corrected chi connectivity index (χ3v) is 4.60. The van der Waals surface area contributed by atoms with Gasteiger partial charge in [-0.15, -0.1) is 0 Å². The number of benzene rings is 2. The fourth-order valence-electron chi connectivity index (χ4n) is 3.18. The van der Waals surface area contributed by atoms with Crippen molar-refractivity contribution < 1.29 is 9.21 Å². The Morgan fingerprint density at radius 3 is 2.96 bits per heavy atom. The van der Waals surface area contributed by atoms with Gasteiger partial charge in [-0.05, 0) is 42.5 Å². The standard InChI is InChI=1S/C20H15N5O2/c1-25-11-21-17-4-2-12(8-18(17)25)20(26)22-14-3-5-16-15(9-14)19(24-23-16)13-6-7-27-10-13/h2-11H,1H3,(H,22,26)(H,23,24). The largest absolute Gasteiger partial charge is 0.472 e. The molecular formula is C20H15N5O2. The van der Waals surface area contributed by atoms with Crippen LogP contribution in [0.5, 0.6) is 0 Å². The fourth-order valence-corrected chi connectivity index (χ4v) is 3.18. The molecule has 0 saturated carbocycles. The van der Waals surface area contributed by atoms with Crippen LogP contribution in [0.15, 0.2) is 65.7 Å². The van der Waals surface area contributed by atoms with Gasteiger partial charge < -0.3 is 14.3 Å². The number of H-pyrrole nitrogens is 1. The van der Waals surface area contributed by atoms with Crippen LogP contribution in [-0.2, 0) is 7.05 Å². The molecule has 0 atom stereocenters. The molecular weight excluding hydrogens is 342 g/mol. The highest BCUT2D eigenvalue weighted by atomic mass is 16.3. The summed E-state index contributed by atoms with van der Waals surface area (Å²) in [4.78, 5) is 17.0. The van der Waals surface area contributed by atoms with Crippen molar-refractivity contribution in [2.75, 3.05) is 5.32 Å². The first kappa shape index (κ1) is 15.4. The zero-order valence-corrected chi connectivity index (χ0v) is 14.4. The molecule has 7 nitrogen and oxygen atoms in total. The molecule has 0 aliphatic carbocycles. The maximum Gasteiger partial charge on any atom is 0.255 e. The molecule has 0 aliphatic rings. The number of aromatic nitrogens is 4. The summed E-state index contributed by atoms with van der Waals surface area (Å²) in [5.41, 5.74) is 5.60. The lowest BCUT2D eigenvalue weighted by Crippen LogP contribution is -2.11. The van der Waals surface area contributed by atoms with Gasteiger partial charge in [-0.2, -0.15) is 5.10 Å². The highest BCUT2D eigenvalue weighted by molar-refractivity contribution is 6.07. The summed E-state index contributed by atoms with van der Waals surface area (Å²) >= 11 is 0. The van der Waals surface area contributed by atoms with Crippen molar-refractivity contribution in [2.24, 2.45) is 7.05 Å². The summed E-state index contributed by atoms with van der Waals surface area (Å²) in [6.45, 7) is 0. The highest BCUT2D eigenvalue weighted by Crippen LogP contribution is 2.29. The SMILES string of the molecule is Cn1cnc2ccc(C(=O)Nc3ccc4[nH]nc(-c5ccoc5)c4c3)cc21. The Bertz CT molecular complexity index is 1280. The second-order valence-corrected chi connectivity index (χ2v) is 6.36. The number of anilines is 1. The summed E-state index contributed by atoms with van der Waals surface area (Å²) in [7, 11) is 1.90. The molecule has 0 bridgehead atoms. The Kier molecular flexibility index (Phi) is 3.33. The van der Waals surface area contributed by atoms with Gasteiger partial charge in [0.05, 0.1) is 35.4 Å². The molecule has 0 radical (unpaired) electrons. The predicted molar refractivity (Wildman–Crippen MR) is 102 cm³/mol. The van der Waals surface area contributed by atoms with Crippen LogP contribution in [0.4, 0.5) is 5.69 Å². The Hall–Kier alpha value is -3.87. The van der Waals surface area contributed by atoms with Gasteiger partial charge in [-0.3, -0.25) is 9.89 Å². The number of hydrogen-bond donors (Lipinski definition) is 2. The number of aromatic amines is 1. The van der Waals surface area contributed by atoms with E-state index in [1.54, 1.807) is 24.9 Å². The molecule has 7 heteroatoms. The number of rotatable bonds is 3. The Morgan fingerprint density at radius 1 is 1.19 bits per heavy atom. The van der Waals surface area contributed by atoms with Gasteiger partial charge in [-0.1, -0.05) is 0 Å². The molecule has 132 valence electrons. The van der Waals surface area contributed by atoms with Gasteiger partial charge >= 0.3 is 0 Å². The number of nitrogens with zero attached hydrogens (tertiary/aromatic N) is 3. The lowest BCUT2D eigenvalue weighted by atomic mass is 10.1. The van der Waals surface area contributed by atoms with Crippen molar-refractivity contribution in [3.8, 4) is 11.3 Å². The summed E-state index contributed by atoms with van der Waals surface area (Å²) in [6.07, 6.45) is 4.98. The van der Waals surface area contributed by atoms with Crippen LogP contribution in [0.3, 0.4) is 0 Å². The lowest BCUT2D eigenvalue weighted by Gasteiger charge is -2.06. The van der Waals surface area contributed by atoms with Crippen LogP contribution in [0.1, 0.15) is 10.4 Å². The quantitative estimate of drug-likeness (QED) is 0.511. The molecule has 0 unspecified atom stereocenters. The number of imidazole rings is 1. The molecule has 5 rings (SSSR count). The second kappa shape index (κ2) is 5.84. The van der Waals surface area contributed by atoms with Gasteiger partial charge in [0.2, 0.25) is 0 Å². The molecule has 0 fully saturated rings. The average Bonchev–Trinajstić information content (AvgIpc) is 3.41. The number of aryl methyl sites for hydroxylation is 1. The van der Waals surface area contributed by atoms with Gasteiger partial charge in [0.25, 0.3) is 5.91 Å². The Morgan fingerprint density at radius 2 is 2.11 bits per heavy atom. The average molecular weight is 357 g/mol. The molecule has 3 heterocycles. The van der Waals surface area contributed by atoms with Crippen molar-refractivity contribution in [1.29, 1.82) is 0 Å². The Balaban J connectivity index is 1.49. The van der Waals surface area contributed by atoms with Crippen molar-refractivity contribution in [2.45, 2.75) is 0 Å². The van der Waals surface area contributed by atoms with Crippen LogP contribution in [0.2, 0.25) is 0 Å². The first-order valence-corrected chi connectivity index (χ1v) is 8.42. The van der Waals surface area contributed by atoms with E-state index in [1.807, 2.05) is 48.0 Å². The monoisotopic (exact) mass is 357 g/mol. The molecule has 2 N–H and O–H groups in total. The minimum atomic E-state index is -0.175. The van der Waals surface area contributed by atoms with E-state index in [4.69, 9.17) is 4.42 Å². The number of amides is 1. The van der Waals surface area contributed by atoms with Gasteiger partial charge in [-0.25, -0.2) is 4.98 Å². The van der Waals surface area contributed by atoms with E-state index in [2.05, 4.69) is 20.5 Å². The third-order valence-electron chi connectivity index (χ3n) is 4.60. The van der Waals surface area contributed by atoms with Crippen LogP contribution in [0, 0.1) is 0 Å². The molecule has 0 saturated heterocycles. The number of carbonyl (C=O) groups is 1.